The third-order valence-electron chi connectivity index (χ3n) is 2.35. The van der Waals surface area contributed by atoms with Gasteiger partial charge in [0.15, 0.2) is 6.39 Å². The maximum Gasteiger partial charge on any atom is 0.289 e. The summed E-state index contributed by atoms with van der Waals surface area (Å²) in [5.41, 5.74) is 0.633. The second-order valence-electron chi connectivity index (χ2n) is 3.43. The number of aromatic nitrogens is 1. The summed E-state index contributed by atoms with van der Waals surface area (Å²) in [5, 5.41) is 6.06. The normalized spacial score (nSPS) is 21.1. The van der Waals surface area contributed by atoms with Crippen molar-refractivity contribution in [3.63, 3.8) is 0 Å². The Labute approximate surface area is 81.9 Å². The van der Waals surface area contributed by atoms with Crippen LogP contribution < -0.4 is 10.6 Å². The summed E-state index contributed by atoms with van der Waals surface area (Å²) in [6, 6.07) is 0.215. The molecule has 2 rings (SSSR count). The summed E-state index contributed by atoms with van der Waals surface area (Å²) in [5.74, 6) is 0.144. The highest BCUT2D eigenvalue weighted by Gasteiger charge is 2.20. The molecule has 2 heterocycles. The van der Waals surface area contributed by atoms with Crippen LogP contribution in [0.3, 0.4) is 0 Å². The molecule has 0 aromatic carbocycles. The van der Waals surface area contributed by atoms with E-state index in [1.165, 1.54) is 6.39 Å². The van der Waals surface area contributed by atoms with Gasteiger partial charge in [0.05, 0.1) is 5.69 Å². The lowest BCUT2D eigenvalue weighted by atomic mass is 10.2. The Hall–Kier alpha value is -1.36. The fourth-order valence-electron chi connectivity index (χ4n) is 1.55. The molecule has 1 amide bonds. The molecule has 14 heavy (non-hydrogen) atoms. The molecular weight excluding hydrogens is 182 g/mol. The molecule has 1 aromatic heterocycles. The lowest BCUT2D eigenvalue weighted by molar-refractivity contribution is 0.0911. The second kappa shape index (κ2) is 3.79. The van der Waals surface area contributed by atoms with E-state index in [-0.39, 0.29) is 11.9 Å². The fourth-order valence-corrected chi connectivity index (χ4v) is 1.55. The summed E-state index contributed by atoms with van der Waals surface area (Å²) < 4.78 is 4.99. The third-order valence-corrected chi connectivity index (χ3v) is 2.35. The standard InChI is InChI=1S/C9H13N3O2/c1-6-8(14-5-11-6)9(13)12-7-2-3-10-4-7/h5,7,10H,2-4H2,1H3,(H,12,13). The number of amides is 1. The van der Waals surface area contributed by atoms with Crippen molar-refractivity contribution < 1.29 is 9.21 Å². The highest BCUT2D eigenvalue weighted by Crippen LogP contribution is 2.06. The Bertz CT molecular complexity index is 329. The molecule has 76 valence electrons. The van der Waals surface area contributed by atoms with Gasteiger partial charge in [0.1, 0.15) is 0 Å². The number of carbonyl (C=O) groups excluding carboxylic acids is 1. The molecule has 0 bridgehead atoms. The zero-order valence-corrected chi connectivity index (χ0v) is 8.04. The molecule has 2 N–H and O–H groups in total. The summed E-state index contributed by atoms with van der Waals surface area (Å²) in [6.45, 7) is 3.55. The number of aryl methyl sites for hydroxylation is 1. The van der Waals surface area contributed by atoms with Crippen molar-refractivity contribution in [1.29, 1.82) is 0 Å². The Balaban J connectivity index is 1.98. The molecule has 1 aliphatic heterocycles. The number of nitrogens with zero attached hydrogens (tertiary/aromatic N) is 1. The van der Waals surface area contributed by atoms with Gasteiger partial charge in [-0.1, -0.05) is 0 Å². The molecule has 5 nitrogen and oxygen atoms in total. The van der Waals surface area contributed by atoms with E-state index in [4.69, 9.17) is 4.42 Å². The average Bonchev–Trinajstić information content (AvgIpc) is 2.75. The Kier molecular flexibility index (Phi) is 2.49. The molecule has 0 saturated carbocycles. The SMILES string of the molecule is Cc1ncoc1C(=O)NC1CCNC1. The number of oxazole rings is 1. The number of rotatable bonds is 2. The summed E-state index contributed by atoms with van der Waals surface area (Å²) in [4.78, 5) is 15.5. The maximum absolute atomic E-state index is 11.6. The van der Waals surface area contributed by atoms with E-state index in [0.29, 0.717) is 11.5 Å². The molecule has 1 unspecified atom stereocenters. The smallest absolute Gasteiger partial charge is 0.289 e. The predicted molar refractivity (Wildman–Crippen MR) is 50.0 cm³/mol. The van der Waals surface area contributed by atoms with Gasteiger partial charge in [0.2, 0.25) is 5.76 Å². The second-order valence-corrected chi connectivity index (χ2v) is 3.43. The van der Waals surface area contributed by atoms with Gasteiger partial charge < -0.3 is 15.1 Å². The van der Waals surface area contributed by atoms with Crippen LogP contribution in [0.25, 0.3) is 0 Å². The molecular formula is C9H13N3O2. The first-order chi connectivity index (χ1) is 6.77. The predicted octanol–water partition coefficient (Wildman–Crippen LogP) is 0.0747. The Morgan fingerprint density at radius 3 is 3.21 bits per heavy atom. The van der Waals surface area contributed by atoms with Crippen LogP contribution in [0.2, 0.25) is 0 Å². The van der Waals surface area contributed by atoms with Gasteiger partial charge in [-0.15, -0.1) is 0 Å². The van der Waals surface area contributed by atoms with Crippen LogP contribution in [-0.2, 0) is 0 Å². The van der Waals surface area contributed by atoms with Gasteiger partial charge in [0.25, 0.3) is 5.91 Å². The van der Waals surface area contributed by atoms with Crippen molar-refractivity contribution in [3.8, 4) is 0 Å². The van der Waals surface area contributed by atoms with Crippen LogP contribution in [-0.4, -0.2) is 30.0 Å². The molecule has 1 atom stereocenters. The Morgan fingerprint density at radius 1 is 1.79 bits per heavy atom. The third kappa shape index (κ3) is 1.77. The van der Waals surface area contributed by atoms with Crippen molar-refractivity contribution in [1.82, 2.24) is 15.6 Å². The molecule has 5 heteroatoms. The minimum absolute atomic E-state index is 0.172. The largest absolute Gasteiger partial charge is 0.438 e. The minimum Gasteiger partial charge on any atom is -0.438 e. The molecule has 0 spiro atoms. The number of hydrogen-bond donors (Lipinski definition) is 2. The number of nitrogens with one attached hydrogen (secondary N) is 2. The van der Waals surface area contributed by atoms with Crippen LogP contribution in [0.5, 0.6) is 0 Å². The lowest BCUT2D eigenvalue weighted by Gasteiger charge is -2.09. The first kappa shape index (κ1) is 9.21. The number of hydrogen-bond acceptors (Lipinski definition) is 4. The summed E-state index contributed by atoms with van der Waals surface area (Å²) in [6.07, 6.45) is 2.26. The van der Waals surface area contributed by atoms with Crippen LogP contribution in [0, 0.1) is 6.92 Å². The summed E-state index contributed by atoms with van der Waals surface area (Å²) in [7, 11) is 0. The number of carbonyl (C=O) groups is 1. The highest BCUT2D eigenvalue weighted by atomic mass is 16.3. The van der Waals surface area contributed by atoms with Crippen LogP contribution >= 0.6 is 0 Å². The van der Waals surface area contributed by atoms with Gasteiger partial charge in [0, 0.05) is 12.6 Å². The monoisotopic (exact) mass is 195 g/mol. The molecule has 1 aromatic rings. The average molecular weight is 195 g/mol. The van der Waals surface area contributed by atoms with Crippen molar-refractivity contribution >= 4 is 5.91 Å². The summed E-state index contributed by atoms with van der Waals surface area (Å²) >= 11 is 0. The van der Waals surface area contributed by atoms with Crippen molar-refractivity contribution in [2.75, 3.05) is 13.1 Å². The van der Waals surface area contributed by atoms with E-state index in [0.717, 1.165) is 19.5 Å². The highest BCUT2D eigenvalue weighted by molar-refractivity contribution is 5.92. The minimum atomic E-state index is -0.172. The molecule has 1 aliphatic rings. The van der Waals surface area contributed by atoms with E-state index < -0.39 is 0 Å². The van der Waals surface area contributed by atoms with Gasteiger partial charge in [-0.3, -0.25) is 4.79 Å². The van der Waals surface area contributed by atoms with E-state index in [2.05, 4.69) is 15.6 Å². The molecule has 1 fully saturated rings. The quantitative estimate of drug-likeness (QED) is 0.701. The zero-order chi connectivity index (χ0) is 9.97. The molecule has 0 radical (unpaired) electrons. The first-order valence-electron chi connectivity index (χ1n) is 4.69. The van der Waals surface area contributed by atoms with E-state index >= 15 is 0 Å². The van der Waals surface area contributed by atoms with E-state index in [1.807, 2.05) is 0 Å². The van der Waals surface area contributed by atoms with Crippen molar-refractivity contribution in [2.45, 2.75) is 19.4 Å². The lowest BCUT2D eigenvalue weighted by Crippen LogP contribution is -2.36. The van der Waals surface area contributed by atoms with Crippen molar-refractivity contribution in [3.05, 3.63) is 17.8 Å². The molecule has 1 saturated heterocycles. The molecule has 0 aliphatic carbocycles. The topological polar surface area (TPSA) is 67.2 Å². The van der Waals surface area contributed by atoms with Gasteiger partial charge in [-0.25, -0.2) is 4.98 Å². The van der Waals surface area contributed by atoms with Crippen LogP contribution in [0.15, 0.2) is 10.8 Å². The maximum atomic E-state index is 11.6. The Morgan fingerprint density at radius 2 is 2.64 bits per heavy atom. The van der Waals surface area contributed by atoms with Crippen molar-refractivity contribution in [2.24, 2.45) is 0 Å². The van der Waals surface area contributed by atoms with E-state index in [1.54, 1.807) is 6.92 Å². The van der Waals surface area contributed by atoms with Crippen LogP contribution in [0.1, 0.15) is 22.7 Å². The first-order valence-corrected chi connectivity index (χ1v) is 4.69. The van der Waals surface area contributed by atoms with Crippen LogP contribution in [0.4, 0.5) is 0 Å². The van der Waals surface area contributed by atoms with Gasteiger partial charge in [-0.2, -0.15) is 0 Å². The van der Waals surface area contributed by atoms with E-state index in [9.17, 15) is 4.79 Å². The zero-order valence-electron chi connectivity index (χ0n) is 8.04. The van der Waals surface area contributed by atoms with Gasteiger partial charge in [-0.05, 0) is 19.9 Å². The van der Waals surface area contributed by atoms with Gasteiger partial charge >= 0.3 is 0 Å². The fraction of sp³-hybridized carbons (Fsp3) is 0.556.